The first-order chi connectivity index (χ1) is 10.1. The summed E-state index contributed by atoms with van der Waals surface area (Å²) >= 11 is 3.37. The van der Waals surface area contributed by atoms with Crippen LogP contribution in [0.5, 0.6) is 5.75 Å². The molecule has 0 fully saturated rings. The highest BCUT2D eigenvalue weighted by atomic mass is 79.9. The third kappa shape index (κ3) is 1.99. The van der Waals surface area contributed by atoms with E-state index in [1.807, 2.05) is 6.07 Å². The normalized spacial score (nSPS) is 19.4. The zero-order valence-electron chi connectivity index (χ0n) is 10.8. The Balaban J connectivity index is 2.15. The zero-order valence-corrected chi connectivity index (χ0v) is 12.4. The molecule has 1 unspecified atom stereocenters. The van der Waals surface area contributed by atoms with Crippen LogP contribution in [0.4, 0.5) is 0 Å². The van der Waals surface area contributed by atoms with Crippen LogP contribution in [0.15, 0.2) is 46.9 Å². The Morgan fingerprint density at radius 1 is 1.29 bits per heavy atom. The van der Waals surface area contributed by atoms with Crippen LogP contribution in [-0.4, -0.2) is 11.1 Å². The van der Waals surface area contributed by atoms with Crippen LogP contribution in [-0.2, 0) is 16.8 Å². The number of rotatable bonds is 2. The van der Waals surface area contributed by atoms with Crippen molar-refractivity contribution >= 4 is 21.9 Å². The minimum Gasteiger partial charge on any atom is -0.478 e. The van der Waals surface area contributed by atoms with Crippen molar-refractivity contribution in [1.29, 1.82) is 5.26 Å². The van der Waals surface area contributed by atoms with Crippen molar-refractivity contribution in [3.05, 3.63) is 63.6 Å². The lowest BCUT2D eigenvalue weighted by atomic mass is 9.89. The summed E-state index contributed by atoms with van der Waals surface area (Å²) in [6.07, 6.45) is 0.178. The number of carboxylic acids is 1. The van der Waals surface area contributed by atoms with Crippen molar-refractivity contribution in [3.63, 3.8) is 0 Å². The summed E-state index contributed by atoms with van der Waals surface area (Å²) in [5.74, 6) is -0.553. The van der Waals surface area contributed by atoms with E-state index in [2.05, 4.69) is 22.0 Å². The number of benzene rings is 2. The monoisotopic (exact) mass is 343 g/mol. The van der Waals surface area contributed by atoms with Crippen molar-refractivity contribution in [3.8, 4) is 11.8 Å². The average Bonchev–Trinajstić information content (AvgIpc) is 2.90. The molecular formula is C16H10BrNO3. The number of hydrogen-bond donors (Lipinski definition) is 1. The Bertz CT molecular complexity index is 767. The van der Waals surface area contributed by atoms with E-state index in [1.54, 1.807) is 36.4 Å². The van der Waals surface area contributed by atoms with Gasteiger partial charge in [0.1, 0.15) is 11.8 Å². The number of nitriles is 1. The van der Waals surface area contributed by atoms with Gasteiger partial charge in [0.25, 0.3) is 0 Å². The molecule has 4 nitrogen and oxygen atoms in total. The Morgan fingerprint density at radius 2 is 2.00 bits per heavy atom. The summed E-state index contributed by atoms with van der Waals surface area (Å²) in [6, 6.07) is 14.2. The molecule has 0 amide bonds. The van der Waals surface area contributed by atoms with Gasteiger partial charge in [-0.05, 0) is 28.1 Å². The number of fused-ring (bicyclic) bond motifs is 1. The molecule has 0 bridgehead atoms. The maximum Gasteiger partial charge on any atom is 0.353 e. The molecule has 1 aliphatic rings. The van der Waals surface area contributed by atoms with Gasteiger partial charge in [0.15, 0.2) is 0 Å². The fourth-order valence-electron chi connectivity index (χ4n) is 2.53. The lowest BCUT2D eigenvalue weighted by Gasteiger charge is -2.24. The van der Waals surface area contributed by atoms with E-state index < -0.39 is 11.6 Å². The predicted molar refractivity (Wildman–Crippen MR) is 78.9 cm³/mol. The quantitative estimate of drug-likeness (QED) is 0.908. The van der Waals surface area contributed by atoms with E-state index in [-0.39, 0.29) is 6.42 Å². The Hall–Kier alpha value is -2.32. The van der Waals surface area contributed by atoms with Crippen LogP contribution < -0.4 is 4.74 Å². The molecule has 0 saturated heterocycles. The molecule has 0 saturated carbocycles. The molecule has 21 heavy (non-hydrogen) atoms. The Labute approximate surface area is 129 Å². The minimum absolute atomic E-state index is 0.178. The van der Waals surface area contributed by atoms with Gasteiger partial charge in [-0.1, -0.05) is 30.3 Å². The number of hydrogen-bond acceptors (Lipinski definition) is 3. The van der Waals surface area contributed by atoms with Gasteiger partial charge in [0.2, 0.25) is 5.60 Å². The van der Waals surface area contributed by atoms with Gasteiger partial charge in [0, 0.05) is 22.0 Å². The molecule has 104 valence electrons. The molecule has 0 radical (unpaired) electrons. The highest BCUT2D eigenvalue weighted by Gasteiger charge is 2.49. The number of carbonyl (C=O) groups is 1. The highest BCUT2D eigenvalue weighted by molar-refractivity contribution is 9.10. The van der Waals surface area contributed by atoms with Crippen LogP contribution >= 0.6 is 15.9 Å². The summed E-state index contributed by atoms with van der Waals surface area (Å²) < 4.78 is 6.38. The van der Waals surface area contributed by atoms with Crippen LogP contribution in [0.1, 0.15) is 16.7 Å². The summed E-state index contributed by atoms with van der Waals surface area (Å²) in [5.41, 5.74) is 0.311. The second-order valence-electron chi connectivity index (χ2n) is 4.79. The molecule has 2 aromatic carbocycles. The molecule has 1 atom stereocenters. The molecule has 0 aromatic heterocycles. The maximum absolute atomic E-state index is 11.9. The van der Waals surface area contributed by atoms with E-state index in [4.69, 9.17) is 10.00 Å². The fourth-order valence-corrected chi connectivity index (χ4v) is 3.09. The number of nitrogens with zero attached hydrogens (tertiary/aromatic N) is 1. The molecule has 0 aliphatic carbocycles. The first-order valence-electron chi connectivity index (χ1n) is 6.28. The van der Waals surface area contributed by atoms with Gasteiger partial charge in [0.05, 0.1) is 5.56 Å². The number of ether oxygens (including phenoxy) is 1. The van der Waals surface area contributed by atoms with E-state index in [9.17, 15) is 9.90 Å². The topological polar surface area (TPSA) is 70.3 Å². The van der Waals surface area contributed by atoms with E-state index >= 15 is 0 Å². The van der Waals surface area contributed by atoms with Gasteiger partial charge in [-0.15, -0.1) is 0 Å². The van der Waals surface area contributed by atoms with Crippen molar-refractivity contribution in [2.45, 2.75) is 12.0 Å². The zero-order chi connectivity index (χ0) is 15.0. The third-order valence-electron chi connectivity index (χ3n) is 3.62. The molecular weight excluding hydrogens is 334 g/mol. The van der Waals surface area contributed by atoms with Crippen molar-refractivity contribution in [2.75, 3.05) is 0 Å². The highest BCUT2D eigenvalue weighted by Crippen LogP contribution is 2.45. The summed E-state index contributed by atoms with van der Waals surface area (Å²) in [5, 5.41) is 18.8. The smallest absolute Gasteiger partial charge is 0.353 e. The maximum atomic E-state index is 11.9. The standard InChI is InChI=1S/C16H10BrNO3/c17-14-10(9-18)6-7-13-12(14)8-16(21-13,15(19)20)11-4-2-1-3-5-11/h1-7H,8H2,(H,19,20). The lowest BCUT2D eigenvalue weighted by molar-refractivity contribution is -0.154. The minimum atomic E-state index is -1.44. The SMILES string of the molecule is N#Cc1ccc2c(c1Br)CC(C(=O)O)(c1ccccc1)O2. The summed E-state index contributed by atoms with van der Waals surface area (Å²) in [4.78, 5) is 11.9. The van der Waals surface area contributed by atoms with Gasteiger partial charge in [-0.3, -0.25) is 0 Å². The van der Waals surface area contributed by atoms with Gasteiger partial charge in [-0.2, -0.15) is 5.26 Å². The van der Waals surface area contributed by atoms with E-state index in [0.717, 1.165) is 0 Å². The first-order valence-corrected chi connectivity index (χ1v) is 7.07. The number of aliphatic carboxylic acids is 1. The van der Waals surface area contributed by atoms with Crippen molar-refractivity contribution in [2.24, 2.45) is 0 Å². The number of halogens is 1. The predicted octanol–water partition coefficient (Wildman–Crippen LogP) is 3.24. The van der Waals surface area contributed by atoms with Crippen LogP contribution in [0.3, 0.4) is 0 Å². The first kappa shape index (κ1) is 13.7. The van der Waals surface area contributed by atoms with E-state index in [1.165, 1.54) is 0 Å². The largest absolute Gasteiger partial charge is 0.478 e. The second-order valence-corrected chi connectivity index (χ2v) is 5.59. The molecule has 3 rings (SSSR count). The Morgan fingerprint density at radius 3 is 2.62 bits per heavy atom. The van der Waals surface area contributed by atoms with Crippen LogP contribution in [0.2, 0.25) is 0 Å². The summed E-state index contributed by atoms with van der Waals surface area (Å²) in [6.45, 7) is 0. The molecule has 2 aromatic rings. The van der Waals surface area contributed by atoms with Crippen molar-refractivity contribution < 1.29 is 14.6 Å². The van der Waals surface area contributed by atoms with Gasteiger partial charge >= 0.3 is 5.97 Å². The van der Waals surface area contributed by atoms with Crippen LogP contribution in [0.25, 0.3) is 0 Å². The average molecular weight is 344 g/mol. The van der Waals surface area contributed by atoms with Crippen LogP contribution in [0, 0.1) is 11.3 Å². The molecule has 5 heteroatoms. The van der Waals surface area contributed by atoms with Gasteiger partial charge < -0.3 is 9.84 Å². The Kier molecular flexibility index (Phi) is 3.19. The molecule has 1 heterocycles. The van der Waals surface area contributed by atoms with E-state index in [0.29, 0.717) is 26.9 Å². The van der Waals surface area contributed by atoms with Gasteiger partial charge in [-0.25, -0.2) is 4.79 Å². The second kappa shape index (κ2) is 4.90. The molecule has 0 spiro atoms. The summed E-state index contributed by atoms with van der Waals surface area (Å²) in [7, 11) is 0. The lowest BCUT2D eigenvalue weighted by Crippen LogP contribution is -2.40. The van der Waals surface area contributed by atoms with Crippen molar-refractivity contribution in [1.82, 2.24) is 0 Å². The molecule has 1 aliphatic heterocycles. The fraction of sp³-hybridized carbons (Fsp3) is 0.125. The third-order valence-corrected chi connectivity index (χ3v) is 4.52. The molecule has 1 N–H and O–H groups in total. The number of carboxylic acid groups (broad SMARTS) is 1.